The summed E-state index contributed by atoms with van der Waals surface area (Å²) in [7, 11) is 0. The van der Waals surface area contributed by atoms with Gasteiger partial charge in [-0.1, -0.05) is 24.6 Å². The van der Waals surface area contributed by atoms with Crippen LogP contribution in [0.2, 0.25) is 5.02 Å². The van der Waals surface area contributed by atoms with Crippen LogP contribution in [0.1, 0.15) is 30.0 Å². The molecule has 0 aliphatic heterocycles. The van der Waals surface area contributed by atoms with Crippen molar-refractivity contribution < 1.29 is 8.81 Å². The number of aryl methyl sites for hydroxylation is 1. The summed E-state index contributed by atoms with van der Waals surface area (Å²) in [6, 6.07) is 7.47. The number of hydrogen-bond acceptors (Lipinski definition) is 2. The standard InChI is InChI=1S/C13H13ClFNO/c1-2-9-4-6-12(17-9)13(16)10-5-3-8(14)7-11(10)15/h3-7,13H,2,16H2,1H3. The summed E-state index contributed by atoms with van der Waals surface area (Å²) in [5.41, 5.74) is 6.34. The van der Waals surface area contributed by atoms with Gasteiger partial charge in [-0.25, -0.2) is 4.39 Å². The molecule has 90 valence electrons. The molecule has 4 heteroatoms. The van der Waals surface area contributed by atoms with Gasteiger partial charge in [0.1, 0.15) is 17.3 Å². The number of nitrogens with two attached hydrogens (primary N) is 1. The first-order valence-electron chi connectivity index (χ1n) is 5.41. The maximum Gasteiger partial charge on any atom is 0.129 e. The SMILES string of the molecule is CCc1ccc(C(N)c2ccc(Cl)cc2F)o1. The zero-order valence-electron chi connectivity index (χ0n) is 9.41. The predicted octanol–water partition coefficient (Wildman–Crippen LogP) is 3.68. The lowest BCUT2D eigenvalue weighted by Gasteiger charge is -2.10. The summed E-state index contributed by atoms with van der Waals surface area (Å²) in [6.07, 6.45) is 0.788. The van der Waals surface area contributed by atoms with Crippen molar-refractivity contribution in [1.82, 2.24) is 0 Å². The summed E-state index contributed by atoms with van der Waals surface area (Å²) in [6.45, 7) is 1.98. The lowest BCUT2D eigenvalue weighted by atomic mass is 10.1. The van der Waals surface area contributed by atoms with Gasteiger partial charge in [-0.15, -0.1) is 0 Å². The molecule has 2 rings (SSSR count). The summed E-state index contributed by atoms with van der Waals surface area (Å²) < 4.78 is 19.2. The highest BCUT2D eigenvalue weighted by Gasteiger charge is 2.17. The van der Waals surface area contributed by atoms with Crippen LogP contribution in [-0.2, 0) is 6.42 Å². The van der Waals surface area contributed by atoms with Crippen molar-refractivity contribution in [3.8, 4) is 0 Å². The Hall–Kier alpha value is -1.32. The number of furan rings is 1. The second kappa shape index (κ2) is 4.90. The van der Waals surface area contributed by atoms with Gasteiger partial charge in [-0.05, 0) is 24.3 Å². The first-order valence-corrected chi connectivity index (χ1v) is 5.78. The Bertz CT molecular complexity index is 524. The van der Waals surface area contributed by atoms with Gasteiger partial charge < -0.3 is 10.2 Å². The Morgan fingerprint density at radius 2 is 2.12 bits per heavy atom. The van der Waals surface area contributed by atoms with Gasteiger partial charge in [-0.2, -0.15) is 0 Å². The molecule has 1 heterocycles. The van der Waals surface area contributed by atoms with Gasteiger partial charge in [0.05, 0.1) is 6.04 Å². The smallest absolute Gasteiger partial charge is 0.129 e. The zero-order valence-corrected chi connectivity index (χ0v) is 10.2. The lowest BCUT2D eigenvalue weighted by molar-refractivity contribution is 0.448. The maximum atomic E-state index is 13.7. The molecule has 0 saturated carbocycles. The molecule has 1 unspecified atom stereocenters. The molecule has 0 amide bonds. The van der Waals surface area contributed by atoms with Crippen molar-refractivity contribution in [2.45, 2.75) is 19.4 Å². The molecule has 0 fully saturated rings. The van der Waals surface area contributed by atoms with Crippen LogP contribution in [-0.4, -0.2) is 0 Å². The topological polar surface area (TPSA) is 39.2 Å². The summed E-state index contributed by atoms with van der Waals surface area (Å²) in [4.78, 5) is 0. The molecular formula is C13H13ClFNO. The van der Waals surface area contributed by atoms with Crippen molar-refractivity contribution in [3.05, 3.63) is 58.3 Å². The molecular weight excluding hydrogens is 241 g/mol. The van der Waals surface area contributed by atoms with Gasteiger partial charge in [0.2, 0.25) is 0 Å². The summed E-state index contributed by atoms with van der Waals surface area (Å²) >= 11 is 5.69. The third-order valence-electron chi connectivity index (χ3n) is 2.63. The van der Waals surface area contributed by atoms with Crippen LogP contribution >= 0.6 is 11.6 Å². The van der Waals surface area contributed by atoms with Crippen LogP contribution in [0.4, 0.5) is 4.39 Å². The molecule has 1 atom stereocenters. The Labute approximate surface area is 104 Å². The van der Waals surface area contributed by atoms with Crippen LogP contribution in [0.3, 0.4) is 0 Å². The number of rotatable bonds is 3. The molecule has 0 radical (unpaired) electrons. The number of hydrogen-bond donors (Lipinski definition) is 1. The van der Waals surface area contributed by atoms with E-state index < -0.39 is 11.9 Å². The molecule has 2 aromatic rings. The van der Waals surface area contributed by atoms with Gasteiger partial charge in [0, 0.05) is 17.0 Å². The number of benzene rings is 1. The minimum atomic E-state index is -0.604. The molecule has 1 aromatic carbocycles. The summed E-state index contributed by atoms with van der Waals surface area (Å²) in [5.74, 6) is 0.979. The molecule has 0 bridgehead atoms. The van der Waals surface area contributed by atoms with Crippen molar-refractivity contribution in [1.29, 1.82) is 0 Å². The van der Waals surface area contributed by atoms with Crippen molar-refractivity contribution in [2.24, 2.45) is 5.73 Å². The average Bonchev–Trinajstić information content (AvgIpc) is 2.76. The molecule has 0 aliphatic carbocycles. The van der Waals surface area contributed by atoms with Crippen LogP contribution in [0.25, 0.3) is 0 Å². The summed E-state index contributed by atoms with van der Waals surface area (Å²) in [5, 5.41) is 0.354. The highest BCUT2D eigenvalue weighted by atomic mass is 35.5. The average molecular weight is 254 g/mol. The second-order valence-corrected chi connectivity index (χ2v) is 4.24. The fraction of sp³-hybridized carbons (Fsp3) is 0.231. The van der Waals surface area contributed by atoms with E-state index in [0.29, 0.717) is 16.3 Å². The van der Waals surface area contributed by atoms with E-state index in [2.05, 4.69) is 0 Å². The highest BCUT2D eigenvalue weighted by Crippen LogP contribution is 2.25. The maximum absolute atomic E-state index is 13.7. The van der Waals surface area contributed by atoms with Gasteiger partial charge in [-0.3, -0.25) is 0 Å². The monoisotopic (exact) mass is 253 g/mol. The van der Waals surface area contributed by atoms with E-state index >= 15 is 0 Å². The van der Waals surface area contributed by atoms with Gasteiger partial charge in [0.15, 0.2) is 0 Å². The van der Waals surface area contributed by atoms with E-state index in [1.165, 1.54) is 6.07 Å². The van der Waals surface area contributed by atoms with Gasteiger partial charge in [0.25, 0.3) is 0 Å². The Morgan fingerprint density at radius 3 is 2.71 bits per heavy atom. The largest absolute Gasteiger partial charge is 0.464 e. The van der Waals surface area contributed by atoms with Crippen molar-refractivity contribution in [2.75, 3.05) is 0 Å². The third-order valence-corrected chi connectivity index (χ3v) is 2.87. The van der Waals surface area contributed by atoms with E-state index in [9.17, 15) is 4.39 Å². The Balaban J connectivity index is 2.33. The first kappa shape index (κ1) is 12.1. The van der Waals surface area contributed by atoms with E-state index in [4.69, 9.17) is 21.8 Å². The van der Waals surface area contributed by atoms with E-state index in [1.807, 2.05) is 13.0 Å². The molecule has 2 N–H and O–H groups in total. The molecule has 0 saturated heterocycles. The second-order valence-electron chi connectivity index (χ2n) is 3.80. The molecule has 1 aromatic heterocycles. The van der Waals surface area contributed by atoms with Crippen molar-refractivity contribution >= 4 is 11.6 Å². The van der Waals surface area contributed by atoms with Crippen LogP contribution in [0, 0.1) is 5.82 Å². The zero-order chi connectivity index (χ0) is 12.4. The molecule has 17 heavy (non-hydrogen) atoms. The fourth-order valence-electron chi connectivity index (χ4n) is 1.66. The quantitative estimate of drug-likeness (QED) is 0.906. The molecule has 2 nitrogen and oxygen atoms in total. The minimum Gasteiger partial charge on any atom is -0.464 e. The van der Waals surface area contributed by atoms with Crippen LogP contribution in [0.5, 0.6) is 0 Å². The molecule has 0 spiro atoms. The predicted molar refractivity (Wildman–Crippen MR) is 65.5 cm³/mol. The lowest BCUT2D eigenvalue weighted by Crippen LogP contribution is -2.12. The van der Waals surface area contributed by atoms with E-state index in [1.54, 1.807) is 18.2 Å². The minimum absolute atomic E-state index is 0.354. The van der Waals surface area contributed by atoms with E-state index in [0.717, 1.165) is 12.2 Å². The van der Waals surface area contributed by atoms with Crippen molar-refractivity contribution in [3.63, 3.8) is 0 Å². The molecule has 0 aliphatic rings. The van der Waals surface area contributed by atoms with E-state index in [-0.39, 0.29) is 0 Å². The third kappa shape index (κ3) is 2.51. The Morgan fingerprint density at radius 1 is 1.35 bits per heavy atom. The first-order chi connectivity index (χ1) is 8.11. The normalized spacial score (nSPS) is 12.7. The fourth-order valence-corrected chi connectivity index (χ4v) is 1.82. The Kier molecular flexibility index (Phi) is 3.50. The van der Waals surface area contributed by atoms with Gasteiger partial charge >= 0.3 is 0 Å². The number of halogens is 2. The highest BCUT2D eigenvalue weighted by molar-refractivity contribution is 6.30. The van der Waals surface area contributed by atoms with Crippen LogP contribution in [0.15, 0.2) is 34.7 Å². The van der Waals surface area contributed by atoms with Crippen LogP contribution < -0.4 is 5.73 Å².